The maximum atomic E-state index is 12.8. The Morgan fingerprint density at radius 3 is 2.12 bits per heavy atom. The van der Waals surface area contributed by atoms with Crippen molar-refractivity contribution in [2.75, 3.05) is 4.90 Å². The van der Waals surface area contributed by atoms with Gasteiger partial charge in [0.05, 0.1) is 17.5 Å². The lowest BCUT2D eigenvalue weighted by atomic mass is 9.76. The number of nitrogens with zero attached hydrogens (tertiary/aromatic N) is 1. The third-order valence-corrected chi connectivity index (χ3v) is 5.86. The molecule has 2 aliphatic rings. The number of amides is 2. The van der Waals surface area contributed by atoms with Gasteiger partial charge in [-0.05, 0) is 73.7 Å². The van der Waals surface area contributed by atoms with Crippen molar-refractivity contribution in [3.05, 3.63) is 53.0 Å². The van der Waals surface area contributed by atoms with Crippen molar-refractivity contribution in [2.45, 2.75) is 26.2 Å². The maximum Gasteiger partial charge on any atom is 0.237 e. The van der Waals surface area contributed by atoms with Gasteiger partial charge in [0.25, 0.3) is 0 Å². The van der Waals surface area contributed by atoms with Crippen LogP contribution in [0.15, 0.2) is 53.0 Å². The minimum atomic E-state index is -0.148. The van der Waals surface area contributed by atoms with E-state index in [0.29, 0.717) is 17.4 Å². The molecule has 0 radical (unpaired) electrons. The van der Waals surface area contributed by atoms with Gasteiger partial charge in [-0.2, -0.15) is 0 Å². The number of halogens is 1. The molecular formula is C21H20BrNO3. The zero-order chi connectivity index (χ0) is 18.3. The maximum absolute atomic E-state index is 12.8. The first-order valence-corrected chi connectivity index (χ1v) is 9.73. The molecule has 4 rings (SSSR count). The van der Waals surface area contributed by atoms with Gasteiger partial charge in [-0.25, -0.2) is 0 Å². The molecule has 3 atom stereocenters. The van der Waals surface area contributed by atoms with Crippen molar-refractivity contribution in [1.82, 2.24) is 0 Å². The molecule has 2 fully saturated rings. The Morgan fingerprint density at radius 1 is 0.885 bits per heavy atom. The van der Waals surface area contributed by atoms with Crippen molar-refractivity contribution in [3.63, 3.8) is 0 Å². The second-order valence-corrected chi connectivity index (χ2v) is 8.11. The molecule has 0 spiro atoms. The molecule has 5 heteroatoms. The minimum absolute atomic E-state index is 0.0477. The number of hydrogen-bond donors (Lipinski definition) is 0. The van der Waals surface area contributed by atoms with Gasteiger partial charge in [0.2, 0.25) is 11.8 Å². The molecule has 2 aromatic rings. The Labute approximate surface area is 161 Å². The fourth-order valence-electron chi connectivity index (χ4n) is 3.95. The lowest BCUT2D eigenvalue weighted by Crippen LogP contribution is -2.30. The highest BCUT2D eigenvalue weighted by Crippen LogP contribution is 2.42. The van der Waals surface area contributed by atoms with E-state index >= 15 is 0 Å². The lowest BCUT2D eigenvalue weighted by molar-refractivity contribution is -0.122. The molecule has 0 unspecified atom stereocenters. The predicted molar refractivity (Wildman–Crippen MR) is 103 cm³/mol. The van der Waals surface area contributed by atoms with E-state index in [0.717, 1.165) is 29.5 Å². The molecule has 0 bridgehead atoms. The van der Waals surface area contributed by atoms with Crippen LogP contribution >= 0.6 is 15.9 Å². The van der Waals surface area contributed by atoms with Gasteiger partial charge in [-0.1, -0.05) is 22.9 Å². The highest BCUT2D eigenvalue weighted by molar-refractivity contribution is 9.10. The highest BCUT2D eigenvalue weighted by Gasteiger charge is 2.49. The molecule has 134 valence electrons. The fourth-order valence-corrected chi connectivity index (χ4v) is 4.21. The summed E-state index contributed by atoms with van der Waals surface area (Å²) in [6.07, 6.45) is 2.65. The summed E-state index contributed by atoms with van der Waals surface area (Å²) >= 11 is 3.39. The number of ether oxygens (including phenoxy) is 1. The molecule has 1 saturated heterocycles. The van der Waals surface area contributed by atoms with Crippen molar-refractivity contribution in [1.29, 1.82) is 0 Å². The Bertz CT molecular complexity index is 831. The molecule has 1 aliphatic heterocycles. The number of benzene rings is 2. The summed E-state index contributed by atoms with van der Waals surface area (Å²) in [7, 11) is 0. The van der Waals surface area contributed by atoms with E-state index in [-0.39, 0.29) is 23.7 Å². The summed E-state index contributed by atoms with van der Waals surface area (Å²) < 4.78 is 6.79. The smallest absolute Gasteiger partial charge is 0.237 e. The number of rotatable bonds is 3. The SMILES string of the molecule is C[C@H]1CC[C@H]2C(=O)N(c3ccc(Oc4ccc(Br)cc4)cc3)C(=O)[C@H]2C1. The molecule has 2 aromatic carbocycles. The molecule has 2 amide bonds. The van der Waals surface area contributed by atoms with E-state index in [1.807, 2.05) is 24.3 Å². The second-order valence-electron chi connectivity index (χ2n) is 7.19. The third kappa shape index (κ3) is 3.16. The van der Waals surface area contributed by atoms with Gasteiger partial charge < -0.3 is 4.74 Å². The molecular weight excluding hydrogens is 394 g/mol. The van der Waals surface area contributed by atoms with Crippen molar-refractivity contribution >= 4 is 33.4 Å². The zero-order valence-corrected chi connectivity index (χ0v) is 16.1. The van der Waals surface area contributed by atoms with Crippen LogP contribution in [-0.4, -0.2) is 11.8 Å². The number of carbonyl (C=O) groups is 2. The number of anilines is 1. The molecule has 0 N–H and O–H groups in total. The molecule has 1 saturated carbocycles. The molecule has 1 heterocycles. The summed E-state index contributed by atoms with van der Waals surface area (Å²) in [6.45, 7) is 2.16. The van der Waals surface area contributed by atoms with Crippen LogP contribution in [0, 0.1) is 17.8 Å². The van der Waals surface area contributed by atoms with Gasteiger partial charge in [-0.15, -0.1) is 0 Å². The fraction of sp³-hybridized carbons (Fsp3) is 0.333. The lowest BCUT2D eigenvalue weighted by Gasteiger charge is -2.25. The van der Waals surface area contributed by atoms with Crippen molar-refractivity contribution in [3.8, 4) is 11.5 Å². The quantitative estimate of drug-likeness (QED) is 0.652. The first-order valence-electron chi connectivity index (χ1n) is 8.94. The average molecular weight is 414 g/mol. The van der Waals surface area contributed by atoms with E-state index in [2.05, 4.69) is 22.9 Å². The summed E-state index contributed by atoms with van der Waals surface area (Å²) in [5.74, 6) is 1.52. The van der Waals surface area contributed by atoms with Crippen LogP contribution in [0.5, 0.6) is 11.5 Å². The molecule has 0 aromatic heterocycles. The number of imide groups is 1. The van der Waals surface area contributed by atoms with E-state index < -0.39 is 0 Å². The van der Waals surface area contributed by atoms with Crippen LogP contribution in [0.4, 0.5) is 5.69 Å². The number of fused-ring (bicyclic) bond motifs is 1. The zero-order valence-electron chi connectivity index (χ0n) is 14.5. The Morgan fingerprint density at radius 2 is 1.46 bits per heavy atom. The van der Waals surface area contributed by atoms with Crippen molar-refractivity contribution in [2.24, 2.45) is 17.8 Å². The largest absolute Gasteiger partial charge is 0.457 e. The van der Waals surface area contributed by atoms with Gasteiger partial charge in [0.1, 0.15) is 11.5 Å². The second kappa shape index (κ2) is 6.88. The summed E-state index contributed by atoms with van der Waals surface area (Å²) in [5.41, 5.74) is 0.630. The van der Waals surface area contributed by atoms with Crippen LogP contribution < -0.4 is 9.64 Å². The number of hydrogen-bond acceptors (Lipinski definition) is 3. The predicted octanol–water partition coefficient (Wildman–Crippen LogP) is 5.17. The third-order valence-electron chi connectivity index (χ3n) is 5.33. The average Bonchev–Trinajstić information content (AvgIpc) is 2.88. The molecule has 4 nitrogen and oxygen atoms in total. The van der Waals surface area contributed by atoms with Crippen LogP contribution in [0.2, 0.25) is 0 Å². The molecule has 26 heavy (non-hydrogen) atoms. The van der Waals surface area contributed by atoms with E-state index in [1.54, 1.807) is 24.3 Å². The minimum Gasteiger partial charge on any atom is -0.457 e. The standard InChI is InChI=1S/C21H20BrNO3/c1-13-2-11-18-19(12-13)21(25)23(20(18)24)15-5-9-17(10-6-15)26-16-7-3-14(22)4-8-16/h3-10,13,18-19H,2,11-12H2,1H3/t13-,18+,19-/m0/s1. The van der Waals surface area contributed by atoms with Crippen LogP contribution in [0.3, 0.4) is 0 Å². The van der Waals surface area contributed by atoms with Crippen LogP contribution in [-0.2, 0) is 9.59 Å². The summed E-state index contributed by atoms with van der Waals surface area (Å²) in [4.78, 5) is 26.9. The van der Waals surface area contributed by atoms with E-state index in [4.69, 9.17) is 4.74 Å². The van der Waals surface area contributed by atoms with Gasteiger partial charge in [-0.3, -0.25) is 14.5 Å². The number of carbonyl (C=O) groups excluding carboxylic acids is 2. The summed E-state index contributed by atoms with van der Waals surface area (Å²) in [5, 5.41) is 0. The topological polar surface area (TPSA) is 46.6 Å². The molecule has 1 aliphatic carbocycles. The summed E-state index contributed by atoms with van der Waals surface area (Å²) in [6, 6.07) is 14.7. The first kappa shape index (κ1) is 17.3. The van der Waals surface area contributed by atoms with E-state index in [9.17, 15) is 9.59 Å². The van der Waals surface area contributed by atoms with Crippen molar-refractivity contribution < 1.29 is 14.3 Å². The van der Waals surface area contributed by atoms with E-state index in [1.165, 1.54) is 4.90 Å². The van der Waals surface area contributed by atoms with Crippen LogP contribution in [0.25, 0.3) is 0 Å². The monoisotopic (exact) mass is 413 g/mol. The Balaban J connectivity index is 1.52. The van der Waals surface area contributed by atoms with Gasteiger partial charge in [0, 0.05) is 4.47 Å². The van der Waals surface area contributed by atoms with Gasteiger partial charge in [0.15, 0.2) is 0 Å². The van der Waals surface area contributed by atoms with Crippen LogP contribution in [0.1, 0.15) is 26.2 Å². The first-order chi connectivity index (χ1) is 12.5. The highest BCUT2D eigenvalue weighted by atomic mass is 79.9. The Kier molecular flexibility index (Phi) is 4.57. The Hall–Kier alpha value is -2.14. The normalized spacial score (nSPS) is 25.3. The van der Waals surface area contributed by atoms with Gasteiger partial charge >= 0.3 is 0 Å².